The highest BCUT2D eigenvalue weighted by Crippen LogP contribution is 2.26. The number of para-hydroxylation sites is 1. The summed E-state index contributed by atoms with van der Waals surface area (Å²) in [6.07, 6.45) is 1.40. The third-order valence-corrected chi connectivity index (χ3v) is 3.88. The van der Waals surface area contributed by atoms with Crippen molar-refractivity contribution in [1.82, 2.24) is 5.32 Å². The second-order valence-electron chi connectivity index (χ2n) is 5.19. The highest BCUT2D eigenvalue weighted by Gasteiger charge is 2.33. The fourth-order valence-electron chi connectivity index (χ4n) is 2.42. The van der Waals surface area contributed by atoms with Gasteiger partial charge in [-0.05, 0) is 37.3 Å². The molecular weight excluding hydrogens is 347 g/mol. The quantitative estimate of drug-likeness (QED) is 0.516. The van der Waals surface area contributed by atoms with Gasteiger partial charge in [-0.15, -0.1) is 0 Å². The first-order valence-corrected chi connectivity index (χ1v) is 7.63. The summed E-state index contributed by atoms with van der Waals surface area (Å²) in [5, 5.41) is 2.78. The van der Waals surface area contributed by atoms with Crippen LogP contribution in [0.1, 0.15) is 21.9 Å². The first-order valence-electron chi connectivity index (χ1n) is 7.22. The van der Waals surface area contributed by atoms with Crippen LogP contribution in [0.2, 0.25) is 0 Å². The predicted octanol–water partition coefficient (Wildman–Crippen LogP) is 2.78. The van der Waals surface area contributed by atoms with Crippen LogP contribution < -0.4 is 10.2 Å². The normalized spacial score (nSPS) is 15.6. The number of rotatable bonds is 3. The van der Waals surface area contributed by atoms with Crippen molar-refractivity contribution in [2.24, 2.45) is 0 Å². The molecule has 2 heterocycles. The SMILES string of the molecule is COC(=O)c1cc(/C=C2\NC(=S)N(c3ccccc3F)C2=O)oc1C. The summed E-state index contributed by atoms with van der Waals surface area (Å²) >= 11 is 5.13. The topological polar surface area (TPSA) is 71.8 Å². The van der Waals surface area contributed by atoms with Gasteiger partial charge < -0.3 is 14.5 Å². The highest BCUT2D eigenvalue weighted by molar-refractivity contribution is 7.80. The van der Waals surface area contributed by atoms with Gasteiger partial charge in [0.15, 0.2) is 5.11 Å². The fourth-order valence-corrected chi connectivity index (χ4v) is 2.71. The van der Waals surface area contributed by atoms with Gasteiger partial charge in [-0.2, -0.15) is 0 Å². The first kappa shape index (κ1) is 16.8. The maximum Gasteiger partial charge on any atom is 0.341 e. The van der Waals surface area contributed by atoms with Gasteiger partial charge in [0.2, 0.25) is 0 Å². The average molecular weight is 360 g/mol. The van der Waals surface area contributed by atoms with Gasteiger partial charge >= 0.3 is 5.97 Å². The zero-order valence-corrected chi connectivity index (χ0v) is 14.1. The van der Waals surface area contributed by atoms with E-state index in [2.05, 4.69) is 10.1 Å². The van der Waals surface area contributed by atoms with E-state index in [4.69, 9.17) is 16.6 Å². The average Bonchev–Trinajstić information content (AvgIpc) is 3.08. The molecule has 1 N–H and O–H groups in total. The highest BCUT2D eigenvalue weighted by atomic mass is 32.1. The number of anilines is 1. The minimum absolute atomic E-state index is 0.0535. The molecular formula is C17H13FN2O4S. The van der Waals surface area contributed by atoms with Gasteiger partial charge in [-0.3, -0.25) is 4.79 Å². The molecule has 25 heavy (non-hydrogen) atoms. The molecule has 0 radical (unpaired) electrons. The summed E-state index contributed by atoms with van der Waals surface area (Å²) in [4.78, 5) is 25.2. The number of carbonyl (C=O) groups excluding carboxylic acids is 2. The molecule has 1 aliphatic rings. The maximum absolute atomic E-state index is 14.0. The number of furan rings is 1. The summed E-state index contributed by atoms with van der Waals surface area (Å²) in [6.45, 7) is 1.61. The molecule has 0 spiro atoms. The van der Waals surface area contributed by atoms with Crippen molar-refractivity contribution in [3.8, 4) is 0 Å². The van der Waals surface area contributed by atoms with Crippen molar-refractivity contribution in [3.05, 3.63) is 58.9 Å². The zero-order valence-electron chi connectivity index (χ0n) is 13.3. The molecule has 1 amide bonds. The van der Waals surface area contributed by atoms with Gasteiger partial charge in [0.05, 0.1) is 12.8 Å². The van der Waals surface area contributed by atoms with Crippen molar-refractivity contribution in [1.29, 1.82) is 0 Å². The van der Waals surface area contributed by atoms with Crippen molar-refractivity contribution < 1.29 is 23.1 Å². The Balaban J connectivity index is 1.94. The van der Waals surface area contributed by atoms with Crippen LogP contribution in [-0.4, -0.2) is 24.1 Å². The molecule has 2 aromatic rings. The number of benzene rings is 1. The second kappa shape index (κ2) is 6.48. The minimum atomic E-state index is -0.567. The Kier molecular flexibility index (Phi) is 4.37. The number of ether oxygens (including phenoxy) is 1. The lowest BCUT2D eigenvalue weighted by Crippen LogP contribution is -2.31. The summed E-state index contributed by atoms with van der Waals surface area (Å²) in [5.41, 5.74) is 0.422. The monoisotopic (exact) mass is 360 g/mol. The Bertz CT molecular complexity index is 919. The summed E-state index contributed by atoms with van der Waals surface area (Å²) < 4.78 is 24.1. The third-order valence-electron chi connectivity index (χ3n) is 3.60. The number of carbonyl (C=O) groups is 2. The predicted molar refractivity (Wildman–Crippen MR) is 92.4 cm³/mol. The number of hydrogen-bond acceptors (Lipinski definition) is 5. The molecule has 1 fully saturated rings. The molecule has 1 aliphatic heterocycles. The van der Waals surface area contributed by atoms with E-state index < -0.39 is 17.7 Å². The largest absolute Gasteiger partial charge is 0.465 e. The summed E-state index contributed by atoms with van der Waals surface area (Å²) in [6, 6.07) is 7.28. The molecule has 128 valence electrons. The van der Waals surface area contributed by atoms with Crippen molar-refractivity contribution in [3.63, 3.8) is 0 Å². The van der Waals surface area contributed by atoms with E-state index in [1.54, 1.807) is 13.0 Å². The van der Waals surface area contributed by atoms with Crippen LogP contribution in [0.3, 0.4) is 0 Å². The van der Waals surface area contributed by atoms with E-state index in [1.165, 1.54) is 37.5 Å². The Hall–Kier alpha value is -3.00. The Morgan fingerprint density at radius 1 is 1.40 bits per heavy atom. The zero-order chi connectivity index (χ0) is 18.1. The molecule has 0 bridgehead atoms. The smallest absolute Gasteiger partial charge is 0.341 e. The molecule has 6 nitrogen and oxygen atoms in total. The van der Waals surface area contributed by atoms with Crippen LogP contribution in [0.15, 0.2) is 40.4 Å². The molecule has 0 unspecified atom stereocenters. The molecule has 1 saturated heterocycles. The number of thiocarbonyl (C=S) groups is 1. The number of esters is 1. The van der Waals surface area contributed by atoms with E-state index in [0.29, 0.717) is 5.76 Å². The standard InChI is InChI=1S/C17H13FN2O4S/c1-9-11(16(22)23-2)7-10(24-9)8-13-15(21)20(17(25)19-13)14-6-4-3-5-12(14)18/h3-8H,1-2H3,(H,19,25)/b13-8-. The Morgan fingerprint density at radius 3 is 2.80 bits per heavy atom. The van der Waals surface area contributed by atoms with Gasteiger partial charge in [-0.25, -0.2) is 14.1 Å². The Morgan fingerprint density at radius 2 is 2.12 bits per heavy atom. The lowest BCUT2D eigenvalue weighted by atomic mass is 10.2. The maximum atomic E-state index is 14.0. The lowest BCUT2D eigenvalue weighted by molar-refractivity contribution is -0.113. The summed E-state index contributed by atoms with van der Waals surface area (Å²) in [5.74, 6) is -1.00. The van der Waals surface area contributed by atoms with Crippen LogP contribution in [0, 0.1) is 12.7 Å². The second-order valence-corrected chi connectivity index (χ2v) is 5.58. The summed E-state index contributed by atoms with van der Waals surface area (Å²) in [7, 11) is 1.26. The number of methoxy groups -OCH3 is 1. The van der Waals surface area contributed by atoms with Crippen molar-refractivity contribution >= 4 is 41.0 Å². The van der Waals surface area contributed by atoms with Gasteiger partial charge in [0.1, 0.15) is 28.6 Å². The minimum Gasteiger partial charge on any atom is -0.465 e. The Labute approximate surface area is 147 Å². The number of halogens is 1. The van der Waals surface area contributed by atoms with Gasteiger partial charge in [0.25, 0.3) is 5.91 Å². The van der Waals surface area contributed by atoms with E-state index in [-0.39, 0.29) is 27.8 Å². The third kappa shape index (κ3) is 3.03. The van der Waals surface area contributed by atoms with E-state index in [1.807, 2.05) is 0 Å². The lowest BCUT2D eigenvalue weighted by Gasteiger charge is -2.14. The fraction of sp³-hybridized carbons (Fsp3) is 0.118. The molecule has 8 heteroatoms. The van der Waals surface area contributed by atoms with Crippen LogP contribution in [0.25, 0.3) is 6.08 Å². The van der Waals surface area contributed by atoms with Crippen LogP contribution in [0.5, 0.6) is 0 Å². The number of nitrogens with one attached hydrogen (secondary N) is 1. The van der Waals surface area contributed by atoms with E-state index >= 15 is 0 Å². The molecule has 3 rings (SSSR count). The van der Waals surface area contributed by atoms with Gasteiger partial charge in [0, 0.05) is 6.08 Å². The number of nitrogens with zero attached hydrogens (tertiary/aromatic N) is 1. The molecule has 1 aromatic carbocycles. The molecule has 0 saturated carbocycles. The van der Waals surface area contributed by atoms with Crippen molar-refractivity contribution in [2.45, 2.75) is 6.92 Å². The van der Waals surface area contributed by atoms with E-state index in [0.717, 1.165) is 4.90 Å². The van der Waals surface area contributed by atoms with Gasteiger partial charge in [-0.1, -0.05) is 12.1 Å². The molecule has 0 atom stereocenters. The molecule has 1 aromatic heterocycles. The van der Waals surface area contributed by atoms with E-state index in [9.17, 15) is 14.0 Å². The number of aryl methyl sites for hydroxylation is 1. The number of hydrogen-bond donors (Lipinski definition) is 1. The van der Waals surface area contributed by atoms with Crippen LogP contribution in [-0.2, 0) is 9.53 Å². The van der Waals surface area contributed by atoms with Crippen molar-refractivity contribution in [2.75, 3.05) is 12.0 Å². The molecule has 0 aliphatic carbocycles. The van der Waals surface area contributed by atoms with Crippen LogP contribution >= 0.6 is 12.2 Å². The van der Waals surface area contributed by atoms with Crippen LogP contribution in [0.4, 0.5) is 10.1 Å². The number of amides is 1. The first-order chi connectivity index (χ1) is 11.9.